The van der Waals surface area contributed by atoms with E-state index in [1.54, 1.807) is 0 Å². The smallest absolute Gasteiger partial charge is 0.171 e. The summed E-state index contributed by atoms with van der Waals surface area (Å²) >= 11 is 5.46. The number of aryl methyl sites for hydroxylation is 1. The molecule has 0 unspecified atom stereocenters. The Morgan fingerprint density at radius 3 is 2.52 bits per heavy atom. The molecule has 0 heterocycles. The van der Waals surface area contributed by atoms with Crippen LogP contribution in [-0.4, -0.2) is 5.11 Å². The van der Waals surface area contributed by atoms with Gasteiger partial charge in [-0.3, -0.25) is 0 Å². The van der Waals surface area contributed by atoms with Crippen LogP contribution in [0.25, 0.3) is 10.8 Å². The molecule has 116 valence electrons. The molecule has 0 bridgehead atoms. The second-order valence-corrected chi connectivity index (χ2v) is 6.17. The standard InChI is InChI=1S/C20H20N2S/c1-14-7-5-10-17(13-14)22-20(23)21-15(2)18-12-6-9-16-8-3-4-11-19(16)18/h3-13,15H,1-2H3,(H2,21,22,23)/t15-/m1/s1. The number of thiocarbonyl (C=S) groups is 1. The van der Waals surface area contributed by atoms with E-state index in [1.807, 2.05) is 12.1 Å². The first-order chi connectivity index (χ1) is 11.1. The SMILES string of the molecule is Cc1cccc(NC(=S)N[C@H](C)c2cccc3ccccc23)c1. The molecule has 3 aromatic carbocycles. The zero-order valence-electron chi connectivity index (χ0n) is 13.3. The summed E-state index contributed by atoms with van der Waals surface area (Å²) in [5, 5.41) is 9.77. The predicted molar refractivity (Wildman–Crippen MR) is 103 cm³/mol. The molecule has 0 spiro atoms. The minimum Gasteiger partial charge on any atom is -0.356 e. The Bertz CT molecular complexity index is 836. The van der Waals surface area contributed by atoms with Crippen LogP contribution in [0.4, 0.5) is 5.69 Å². The first kappa shape index (κ1) is 15.5. The van der Waals surface area contributed by atoms with Crippen molar-refractivity contribution in [2.75, 3.05) is 5.32 Å². The molecule has 1 atom stereocenters. The van der Waals surface area contributed by atoms with Gasteiger partial charge in [0.2, 0.25) is 0 Å². The molecule has 2 nitrogen and oxygen atoms in total. The van der Waals surface area contributed by atoms with Gasteiger partial charge in [0.05, 0.1) is 6.04 Å². The van der Waals surface area contributed by atoms with Crippen molar-refractivity contribution < 1.29 is 0 Å². The number of benzene rings is 3. The molecular formula is C20H20N2S. The van der Waals surface area contributed by atoms with E-state index in [2.05, 4.69) is 79.1 Å². The molecule has 0 amide bonds. The van der Waals surface area contributed by atoms with Crippen molar-refractivity contribution in [3.63, 3.8) is 0 Å². The third kappa shape index (κ3) is 3.69. The molecule has 23 heavy (non-hydrogen) atoms. The number of anilines is 1. The Balaban J connectivity index is 1.75. The molecule has 0 radical (unpaired) electrons. The molecule has 2 N–H and O–H groups in total. The molecule has 0 aliphatic rings. The first-order valence-electron chi connectivity index (χ1n) is 7.75. The van der Waals surface area contributed by atoms with Crippen LogP contribution < -0.4 is 10.6 Å². The van der Waals surface area contributed by atoms with Gasteiger partial charge in [-0.05, 0) is 60.1 Å². The van der Waals surface area contributed by atoms with Gasteiger partial charge >= 0.3 is 0 Å². The van der Waals surface area contributed by atoms with Gasteiger partial charge in [-0.15, -0.1) is 0 Å². The summed E-state index contributed by atoms with van der Waals surface area (Å²) in [7, 11) is 0. The largest absolute Gasteiger partial charge is 0.356 e. The number of fused-ring (bicyclic) bond motifs is 1. The van der Waals surface area contributed by atoms with E-state index >= 15 is 0 Å². The van der Waals surface area contributed by atoms with E-state index in [4.69, 9.17) is 12.2 Å². The van der Waals surface area contributed by atoms with Crippen LogP contribution in [0, 0.1) is 6.92 Å². The van der Waals surface area contributed by atoms with Crippen LogP contribution in [0.5, 0.6) is 0 Å². The van der Waals surface area contributed by atoms with Crippen molar-refractivity contribution in [2.24, 2.45) is 0 Å². The van der Waals surface area contributed by atoms with E-state index < -0.39 is 0 Å². The van der Waals surface area contributed by atoms with Gasteiger partial charge in [-0.1, -0.05) is 54.6 Å². The van der Waals surface area contributed by atoms with Crippen molar-refractivity contribution in [3.05, 3.63) is 77.9 Å². The van der Waals surface area contributed by atoms with Gasteiger partial charge in [-0.2, -0.15) is 0 Å². The molecule has 0 aromatic heterocycles. The van der Waals surface area contributed by atoms with Crippen LogP contribution in [-0.2, 0) is 0 Å². The molecular weight excluding hydrogens is 300 g/mol. The summed E-state index contributed by atoms with van der Waals surface area (Å²) in [5.41, 5.74) is 3.46. The fourth-order valence-electron chi connectivity index (χ4n) is 2.79. The quantitative estimate of drug-likeness (QED) is 0.649. The fourth-order valence-corrected chi connectivity index (χ4v) is 3.09. The molecule has 3 heteroatoms. The van der Waals surface area contributed by atoms with Crippen molar-refractivity contribution in [1.29, 1.82) is 0 Å². The molecule has 0 aliphatic heterocycles. The van der Waals surface area contributed by atoms with Crippen LogP contribution >= 0.6 is 12.2 Å². The molecule has 3 rings (SSSR count). The second-order valence-electron chi connectivity index (χ2n) is 5.76. The van der Waals surface area contributed by atoms with Gasteiger partial charge in [0, 0.05) is 5.69 Å². The van der Waals surface area contributed by atoms with Crippen LogP contribution in [0.15, 0.2) is 66.7 Å². The first-order valence-corrected chi connectivity index (χ1v) is 8.16. The lowest BCUT2D eigenvalue weighted by Gasteiger charge is -2.19. The minimum absolute atomic E-state index is 0.130. The monoisotopic (exact) mass is 320 g/mol. The van der Waals surface area contributed by atoms with Gasteiger partial charge in [0.25, 0.3) is 0 Å². The lowest BCUT2D eigenvalue weighted by atomic mass is 10.00. The Morgan fingerprint density at radius 1 is 0.957 bits per heavy atom. The third-order valence-electron chi connectivity index (χ3n) is 3.91. The van der Waals surface area contributed by atoms with Crippen LogP contribution in [0.2, 0.25) is 0 Å². The summed E-state index contributed by atoms with van der Waals surface area (Å²) < 4.78 is 0. The summed E-state index contributed by atoms with van der Waals surface area (Å²) in [6.45, 7) is 4.20. The second kappa shape index (κ2) is 6.80. The summed E-state index contributed by atoms with van der Waals surface area (Å²) in [6, 6.07) is 23.1. The van der Waals surface area contributed by atoms with E-state index in [0.29, 0.717) is 5.11 Å². The van der Waals surface area contributed by atoms with Gasteiger partial charge in [0.1, 0.15) is 0 Å². The van der Waals surface area contributed by atoms with E-state index in [-0.39, 0.29) is 6.04 Å². The van der Waals surface area contributed by atoms with Crippen LogP contribution in [0.3, 0.4) is 0 Å². The lowest BCUT2D eigenvalue weighted by Crippen LogP contribution is -2.31. The molecule has 0 fully saturated rings. The average molecular weight is 320 g/mol. The maximum atomic E-state index is 5.46. The molecule has 0 aliphatic carbocycles. The highest BCUT2D eigenvalue weighted by Gasteiger charge is 2.10. The van der Waals surface area contributed by atoms with Crippen LogP contribution in [0.1, 0.15) is 24.1 Å². The zero-order valence-corrected chi connectivity index (χ0v) is 14.2. The Kier molecular flexibility index (Phi) is 4.58. The highest BCUT2D eigenvalue weighted by Crippen LogP contribution is 2.24. The Morgan fingerprint density at radius 2 is 1.70 bits per heavy atom. The maximum Gasteiger partial charge on any atom is 0.171 e. The predicted octanol–water partition coefficient (Wildman–Crippen LogP) is 5.20. The van der Waals surface area contributed by atoms with E-state index in [0.717, 1.165) is 5.69 Å². The van der Waals surface area contributed by atoms with E-state index in [1.165, 1.54) is 21.9 Å². The molecule has 3 aromatic rings. The Labute approximate surface area is 142 Å². The van der Waals surface area contributed by atoms with Gasteiger partial charge < -0.3 is 10.6 Å². The topological polar surface area (TPSA) is 24.1 Å². The van der Waals surface area contributed by atoms with E-state index in [9.17, 15) is 0 Å². The zero-order chi connectivity index (χ0) is 16.2. The molecule has 0 saturated heterocycles. The third-order valence-corrected chi connectivity index (χ3v) is 4.13. The lowest BCUT2D eigenvalue weighted by molar-refractivity contribution is 0.729. The van der Waals surface area contributed by atoms with Crippen molar-refractivity contribution in [2.45, 2.75) is 19.9 Å². The Hall–Kier alpha value is -2.39. The highest BCUT2D eigenvalue weighted by molar-refractivity contribution is 7.80. The van der Waals surface area contributed by atoms with Crippen molar-refractivity contribution >= 4 is 33.8 Å². The average Bonchev–Trinajstić information content (AvgIpc) is 2.54. The normalized spacial score (nSPS) is 11.9. The van der Waals surface area contributed by atoms with Crippen molar-refractivity contribution in [1.82, 2.24) is 5.32 Å². The van der Waals surface area contributed by atoms with Crippen molar-refractivity contribution in [3.8, 4) is 0 Å². The fraction of sp³-hybridized carbons (Fsp3) is 0.150. The maximum absolute atomic E-state index is 5.46. The minimum atomic E-state index is 0.130. The van der Waals surface area contributed by atoms with Gasteiger partial charge in [0.15, 0.2) is 5.11 Å². The highest BCUT2D eigenvalue weighted by atomic mass is 32.1. The summed E-state index contributed by atoms with van der Waals surface area (Å²) in [5.74, 6) is 0. The number of hydrogen-bond donors (Lipinski definition) is 2. The summed E-state index contributed by atoms with van der Waals surface area (Å²) in [4.78, 5) is 0. The number of nitrogens with one attached hydrogen (secondary N) is 2. The van der Waals surface area contributed by atoms with Gasteiger partial charge in [-0.25, -0.2) is 0 Å². The summed E-state index contributed by atoms with van der Waals surface area (Å²) in [6.07, 6.45) is 0. The number of hydrogen-bond acceptors (Lipinski definition) is 1. The molecule has 0 saturated carbocycles. The number of rotatable bonds is 3.